The minimum absolute atomic E-state index is 0.993. The van der Waals surface area contributed by atoms with Crippen LogP contribution in [0.15, 0.2) is 0 Å². The van der Waals surface area contributed by atoms with Crippen LogP contribution in [0.25, 0.3) is 0 Å². The summed E-state index contributed by atoms with van der Waals surface area (Å²) < 4.78 is 1.34. The van der Waals surface area contributed by atoms with E-state index in [-0.39, 0.29) is 0 Å². The Labute approximate surface area is 75.7 Å². The van der Waals surface area contributed by atoms with Gasteiger partial charge in [0, 0.05) is 32.4 Å². The second-order valence-electron chi connectivity index (χ2n) is 4.64. The monoisotopic (exact) mass is 169 g/mol. The van der Waals surface area contributed by atoms with Crippen molar-refractivity contribution in [1.82, 2.24) is 4.90 Å². The van der Waals surface area contributed by atoms with E-state index in [4.69, 9.17) is 0 Å². The summed E-state index contributed by atoms with van der Waals surface area (Å²) in [6, 6.07) is 0.993. The van der Waals surface area contributed by atoms with Gasteiger partial charge in [0.05, 0.1) is 19.6 Å². The fourth-order valence-corrected chi connectivity index (χ4v) is 2.94. The molecule has 0 N–H and O–H groups in total. The summed E-state index contributed by atoms with van der Waals surface area (Å²) in [6.45, 7) is 7.58. The normalized spacial score (nSPS) is 43.0. The lowest BCUT2D eigenvalue weighted by Crippen LogP contribution is -2.58. The average Bonchev–Trinajstić information content (AvgIpc) is 2.44. The van der Waals surface area contributed by atoms with E-state index < -0.39 is 0 Å². The van der Waals surface area contributed by atoms with Crippen LogP contribution in [-0.2, 0) is 0 Å². The summed E-state index contributed by atoms with van der Waals surface area (Å²) >= 11 is 0. The lowest BCUT2D eigenvalue weighted by molar-refractivity contribution is -0.936. The molecule has 0 saturated carbocycles. The molecule has 2 aliphatic heterocycles. The number of hydrogen-bond acceptors (Lipinski definition) is 1. The quantitative estimate of drug-likeness (QED) is 0.534. The zero-order valence-electron chi connectivity index (χ0n) is 8.42. The minimum atomic E-state index is 0.993. The fourth-order valence-electron chi connectivity index (χ4n) is 2.94. The van der Waals surface area contributed by atoms with Gasteiger partial charge in [-0.05, 0) is 0 Å². The fraction of sp³-hybridized carbons (Fsp3) is 1.00. The summed E-state index contributed by atoms with van der Waals surface area (Å²) in [5.74, 6) is 0. The molecule has 2 unspecified atom stereocenters. The molecular weight excluding hydrogens is 148 g/mol. The van der Waals surface area contributed by atoms with Crippen molar-refractivity contribution in [2.24, 2.45) is 0 Å². The van der Waals surface area contributed by atoms with Crippen molar-refractivity contribution < 1.29 is 4.48 Å². The molecular formula is C10H21N2+. The third-order valence-corrected chi connectivity index (χ3v) is 3.84. The predicted molar refractivity (Wildman–Crippen MR) is 50.8 cm³/mol. The first-order chi connectivity index (χ1) is 5.74. The number of hydrogen-bond donors (Lipinski definition) is 0. The van der Waals surface area contributed by atoms with Crippen molar-refractivity contribution in [3.8, 4) is 0 Å². The zero-order chi connectivity index (χ0) is 8.60. The van der Waals surface area contributed by atoms with Gasteiger partial charge in [-0.1, -0.05) is 6.92 Å². The van der Waals surface area contributed by atoms with E-state index >= 15 is 0 Å². The highest BCUT2D eigenvalue weighted by molar-refractivity contribution is 4.73. The topological polar surface area (TPSA) is 3.24 Å². The molecule has 2 aliphatic rings. The molecule has 2 atom stereocenters. The molecule has 70 valence electrons. The summed E-state index contributed by atoms with van der Waals surface area (Å²) in [6.07, 6.45) is 4.37. The maximum Gasteiger partial charge on any atom is 0.135 e. The Balaban J connectivity index is 2.04. The smallest absolute Gasteiger partial charge is 0.135 e. The summed E-state index contributed by atoms with van der Waals surface area (Å²) in [5, 5.41) is 0. The van der Waals surface area contributed by atoms with Crippen LogP contribution in [0.5, 0.6) is 0 Å². The minimum Gasteiger partial charge on any atom is -0.311 e. The van der Waals surface area contributed by atoms with Crippen LogP contribution >= 0.6 is 0 Å². The molecule has 0 aromatic heterocycles. The lowest BCUT2D eigenvalue weighted by atomic mass is 10.1. The van der Waals surface area contributed by atoms with Gasteiger partial charge in [-0.3, -0.25) is 4.90 Å². The predicted octanol–water partition coefficient (Wildman–Crippen LogP) is 1.28. The van der Waals surface area contributed by atoms with Gasteiger partial charge in [-0.15, -0.1) is 0 Å². The Morgan fingerprint density at radius 2 is 2.25 bits per heavy atom. The maximum absolute atomic E-state index is 2.60. The molecule has 2 rings (SSSR count). The molecule has 0 radical (unpaired) electrons. The maximum atomic E-state index is 2.60. The number of quaternary nitrogens is 1. The molecule has 2 fully saturated rings. The van der Waals surface area contributed by atoms with E-state index in [0.717, 1.165) is 6.04 Å². The average molecular weight is 169 g/mol. The second-order valence-corrected chi connectivity index (χ2v) is 4.64. The standard InChI is InChI=1S/C10H21N2/c1-3-11-7-6-10-5-4-8-12(10,2)9-11/h10H,3-9H2,1-2H3/q+1. The number of nitrogens with zero attached hydrogens (tertiary/aromatic N) is 2. The molecule has 0 spiro atoms. The Morgan fingerprint density at radius 3 is 3.00 bits per heavy atom. The first kappa shape index (κ1) is 8.52. The van der Waals surface area contributed by atoms with Gasteiger partial charge in [0.2, 0.25) is 0 Å². The van der Waals surface area contributed by atoms with Crippen molar-refractivity contribution in [3.05, 3.63) is 0 Å². The molecule has 0 bridgehead atoms. The van der Waals surface area contributed by atoms with E-state index in [2.05, 4.69) is 18.9 Å². The van der Waals surface area contributed by atoms with E-state index in [9.17, 15) is 0 Å². The second kappa shape index (κ2) is 3.00. The molecule has 12 heavy (non-hydrogen) atoms. The van der Waals surface area contributed by atoms with Gasteiger partial charge in [0.15, 0.2) is 0 Å². The highest BCUT2D eigenvalue weighted by Crippen LogP contribution is 2.30. The van der Waals surface area contributed by atoms with E-state index in [1.165, 1.54) is 50.0 Å². The Bertz CT molecular complexity index is 169. The third kappa shape index (κ3) is 1.27. The lowest BCUT2D eigenvalue weighted by Gasteiger charge is -2.44. The van der Waals surface area contributed by atoms with Crippen LogP contribution < -0.4 is 0 Å². The van der Waals surface area contributed by atoms with E-state index in [0.29, 0.717) is 0 Å². The molecule has 0 aromatic rings. The van der Waals surface area contributed by atoms with Crippen LogP contribution in [0.3, 0.4) is 0 Å². The Kier molecular flexibility index (Phi) is 2.13. The molecule has 2 heteroatoms. The number of fused-ring (bicyclic) bond motifs is 1. The van der Waals surface area contributed by atoms with Crippen LogP contribution in [0.1, 0.15) is 26.2 Å². The van der Waals surface area contributed by atoms with Gasteiger partial charge in [-0.2, -0.15) is 0 Å². The molecule has 2 saturated heterocycles. The van der Waals surface area contributed by atoms with Crippen molar-refractivity contribution in [1.29, 1.82) is 0 Å². The summed E-state index contributed by atoms with van der Waals surface area (Å²) in [5.41, 5.74) is 0. The molecule has 0 aromatic carbocycles. The Morgan fingerprint density at radius 1 is 1.42 bits per heavy atom. The SMILES string of the molecule is CCN1CCC2CCC[N+]2(C)C1. The Hall–Kier alpha value is -0.0800. The van der Waals surface area contributed by atoms with Crippen LogP contribution in [0, 0.1) is 0 Å². The largest absolute Gasteiger partial charge is 0.311 e. The van der Waals surface area contributed by atoms with Gasteiger partial charge in [0.25, 0.3) is 0 Å². The molecule has 0 aliphatic carbocycles. The van der Waals surface area contributed by atoms with Crippen molar-refractivity contribution in [2.45, 2.75) is 32.2 Å². The van der Waals surface area contributed by atoms with Gasteiger partial charge >= 0.3 is 0 Å². The zero-order valence-corrected chi connectivity index (χ0v) is 8.42. The van der Waals surface area contributed by atoms with Gasteiger partial charge in [-0.25, -0.2) is 0 Å². The first-order valence-corrected chi connectivity index (χ1v) is 5.31. The van der Waals surface area contributed by atoms with Gasteiger partial charge in [0.1, 0.15) is 6.67 Å². The number of rotatable bonds is 1. The molecule has 2 nitrogen and oxygen atoms in total. The van der Waals surface area contributed by atoms with Crippen LogP contribution in [-0.4, -0.2) is 48.8 Å². The highest BCUT2D eigenvalue weighted by atomic mass is 15.5. The summed E-state index contributed by atoms with van der Waals surface area (Å²) in [4.78, 5) is 2.60. The van der Waals surface area contributed by atoms with Gasteiger partial charge < -0.3 is 4.48 Å². The van der Waals surface area contributed by atoms with Crippen LogP contribution in [0.4, 0.5) is 0 Å². The third-order valence-electron chi connectivity index (χ3n) is 3.84. The van der Waals surface area contributed by atoms with Crippen molar-refractivity contribution in [3.63, 3.8) is 0 Å². The molecule has 2 heterocycles. The first-order valence-electron chi connectivity index (χ1n) is 5.31. The summed E-state index contributed by atoms with van der Waals surface area (Å²) in [7, 11) is 2.44. The van der Waals surface area contributed by atoms with Crippen molar-refractivity contribution in [2.75, 3.05) is 33.4 Å². The van der Waals surface area contributed by atoms with Crippen molar-refractivity contribution >= 4 is 0 Å². The van der Waals surface area contributed by atoms with Crippen LogP contribution in [0.2, 0.25) is 0 Å². The van der Waals surface area contributed by atoms with E-state index in [1.807, 2.05) is 0 Å². The molecule has 0 amide bonds. The van der Waals surface area contributed by atoms with E-state index in [1.54, 1.807) is 0 Å². The highest BCUT2D eigenvalue weighted by Gasteiger charge is 2.41.